The Bertz CT molecular complexity index is 224. The summed E-state index contributed by atoms with van der Waals surface area (Å²) in [5, 5.41) is 9.86. The average molecular weight is 347 g/mol. The highest BCUT2D eigenvalue weighted by molar-refractivity contribution is 4.55. The van der Waals surface area contributed by atoms with Crippen LogP contribution in [0.3, 0.4) is 0 Å². The van der Waals surface area contributed by atoms with Crippen LogP contribution in [-0.2, 0) is 14.2 Å². The normalized spacial score (nSPS) is 12.6. The fourth-order valence-electron chi connectivity index (χ4n) is 2.50. The lowest BCUT2D eigenvalue weighted by molar-refractivity contribution is -0.0119. The highest BCUT2D eigenvalue weighted by atomic mass is 16.5. The third-order valence-corrected chi connectivity index (χ3v) is 4.09. The van der Waals surface area contributed by atoms with Crippen LogP contribution in [0, 0.1) is 0 Å². The largest absolute Gasteiger partial charge is 0.391 e. The third kappa shape index (κ3) is 19.9. The quantitative estimate of drug-likeness (QED) is 0.324. The molecule has 0 saturated heterocycles. The second-order valence-electron chi connectivity index (χ2n) is 6.57. The van der Waals surface area contributed by atoms with Crippen LogP contribution >= 0.6 is 0 Å². The van der Waals surface area contributed by atoms with Gasteiger partial charge in [0.2, 0.25) is 0 Å². The first-order valence-corrected chi connectivity index (χ1v) is 10.2. The molecule has 0 aliphatic carbocycles. The number of ether oxygens (including phenoxy) is 3. The molecule has 1 unspecified atom stereocenters. The Morgan fingerprint density at radius 2 is 1.08 bits per heavy atom. The van der Waals surface area contributed by atoms with Crippen LogP contribution in [0.15, 0.2) is 0 Å². The number of hydrogen-bond donors (Lipinski definition) is 1. The molecular formula is C20H42O4. The summed E-state index contributed by atoms with van der Waals surface area (Å²) < 4.78 is 16.3. The van der Waals surface area contributed by atoms with E-state index >= 15 is 0 Å². The van der Waals surface area contributed by atoms with Crippen molar-refractivity contribution in [2.75, 3.05) is 39.6 Å². The van der Waals surface area contributed by atoms with Gasteiger partial charge in [0, 0.05) is 6.61 Å². The van der Waals surface area contributed by atoms with Crippen molar-refractivity contribution >= 4 is 0 Å². The molecule has 0 aromatic carbocycles. The molecule has 1 N–H and O–H groups in total. The van der Waals surface area contributed by atoms with Crippen molar-refractivity contribution in [3.63, 3.8) is 0 Å². The van der Waals surface area contributed by atoms with Gasteiger partial charge in [-0.2, -0.15) is 0 Å². The Labute approximate surface area is 150 Å². The fraction of sp³-hybridized carbons (Fsp3) is 1.00. The van der Waals surface area contributed by atoms with E-state index < -0.39 is 0 Å². The van der Waals surface area contributed by atoms with Crippen molar-refractivity contribution in [2.24, 2.45) is 0 Å². The molecule has 0 fully saturated rings. The summed E-state index contributed by atoms with van der Waals surface area (Å²) in [5.41, 5.74) is 0. The van der Waals surface area contributed by atoms with Crippen molar-refractivity contribution in [3.05, 3.63) is 0 Å². The Hall–Kier alpha value is -0.160. The molecule has 4 heteroatoms. The highest BCUT2D eigenvalue weighted by Gasteiger charge is 2.04. The van der Waals surface area contributed by atoms with Crippen molar-refractivity contribution in [1.29, 1.82) is 0 Å². The van der Waals surface area contributed by atoms with E-state index in [2.05, 4.69) is 13.8 Å². The summed E-state index contributed by atoms with van der Waals surface area (Å²) in [6.45, 7) is 8.03. The van der Waals surface area contributed by atoms with Gasteiger partial charge < -0.3 is 19.3 Å². The Balaban J connectivity index is 3.11. The first-order valence-electron chi connectivity index (χ1n) is 10.2. The van der Waals surface area contributed by atoms with Crippen molar-refractivity contribution in [1.82, 2.24) is 0 Å². The van der Waals surface area contributed by atoms with Crippen molar-refractivity contribution < 1.29 is 19.3 Å². The minimum absolute atomic E-state index is 0.331. The van der Waals surface area contributed by atoms with Crippen LogP contribution in [0.4, 0.5) is 0 Å². The van der Waals surface area contributed by atoms with E-state index in [1.807, 2.05) is 0 Å². The lowest BCUT2D eigenvalue weighted by Crippen LogP contribution is -2.17. The molecule has 0 amide bonds. The third-order valence-electron chi connectivity index (χ3n) is 4.09. The second kappa shape index (κ2) is 20.9. The van der Waals surface area contributed by atoms with Gasteiger partial charge in [-0.15, -0.1) is 0 Å². The predicted octanol–water partition coefficient (Wildman–Crippen LogP) is 4.73. The predicted molar refractivity (Wildman–Crippen MR) is 101 cm³/mol. The van der Waals surface area contributed by atoms with E-state index in [0.29, 0.717) is 33.0 Å². The Morgan fingerprint density at radius 3 is 1.71 bits per heavy atom. The molecule has 24 heavy (non-hydrogen) atoms. The van der Waals surface area contributed by atoms with Crippen LogP contribution in [-0.4, -0.2) is 50.9 Å². The summed E-state index contributed by atoms with van der Waals surface area (Å²) in [7, 11) is 0. The van der Waals surface area contributed by atoms with Crippen LogP contribution in [0.2, 0.25) is 0 Å². The lowest BCUT2D eigenvalue weighted by Gasteiger charge is -2.11. The summed E-state index contributed by atoms with van der Waals surface area (Å²) in [6, 6.07) is 0. The fourth-order valence-corrected chi connectivity index (χ4v) is 2.50. The van der Waals surface area contributed by atoms with Gasteiger partial charge in [-0.25, -0.2) is 0 Å². The van der Waals surface area contributed by atoms with Gasteiger partial charge in [-0.3, -0.25) is 0 Å². The number of aliphatic hydroxyl groups is 1. The summed E-state index contributed by atoms with van der Waals surface area (Å²) in [6.07, 6.45) is 13.2. The maximum Gasteiger partial charge on any atom is 0.0773 e. The number of unbranched alkanes of at least 4 members (excludes halogenated alkanes) is 8. The molecule has 0 saturated carbocycles. The molecule has 1 atom stereocenters. The number of rotatable bonds is 20. The van der Waals surface area contributed by atoms with Gasteiger partial charge in [0.05, 0.1) is 39.1 Å². The van der Waals surface area contributed by atoms with Crippen LogP contribution in [0.5, 0.6) is 0 Å². The molecule has 0 aliphatic heterocycles. The summed E-state index contributed by atoms with van der Waals surface area (Å²) in [4.78, 5) is 0. The second-order valence-corrected chi connectivity index (χ2v) is 6.57. The lowest BCUT2D eigenvalue weighted by atomic mass is 10.1. The molecule has 0 spiro atoms. The highest BCUT2D eigenvalue weighted by Crippen LogP contribution is 2.10. The zero-order valence-electron chi connectivity index (χ0n) is 16.3. The van der Waals surface area contributed by atoms with Crippen molar-refractivity contribution in [3.8, 4) is 0 Å². The van der Waals surface area contributed by atoms with Crippen LogP contribution < -0.4 is 0 Å². The van der Waals surface area contributed by atoms with Gasteiger partial charge in [0.15, 0.2) is 0 Å². The first kappa shape index (κ1) is 23.8. The van der Waals surface area contributed by atoms with Crippen LogP contribution in [0.1, 0.15) is 84.5 Å². The van der Waals surface area contributed by atoms with Crippen LogP contribution in [0.25, 0.3) is 0 Å². The van der Waals surface area contributed by atoms with Gasteiger partial charge in [0.1, 0.15) is 0 Å². The number of hydrogen-bond acceptors (Lipinski definition) is 4. The molecule has 4 nitrogen and oxygen atoms in total. The molecule has 0 aromatic rings. The Morgan fingerprint density at radius 1 is 0.583 bits per heavy atom. The number of aliphatic hydroxyl groups excluding tert-OH is 1. The molecule has 0 heterocycles. The standard InChI is InChI=1S/C20H42O4/c1-3-5-7-8-9-10-11-12-13-20(21)19-24-18-17-23-16-15-22-14-6-4-2/h20-21H,3-19H2,1-2H3. The molecular weight excluding hydrogens is 304 g/mol. The van der Waals surface area contributed by atoms with E-state index in [4.69, 9.17) is 14.2 Å². The van der Waals surface area contributed by atoms with E-state index in [9.17, 15) is 5.11 Å². The van der Waals surface area contributed by atoms with Gasteiger partial charge in [-0.05, 0) is 12.8 Å². The molecule has 0 radical (unpaired) electrons. The zero-order chi connectivity index (χ0) is 17.7. The minimum Gasteiger partial charge on any atom is -0.391 e. The SMILES string of the molecule is CCCCCCCCCCC(O)COCCOCCOCCCC. The topological polar surface area (TPSA) is 47.9 Å². The molecule has 0 rings (SSSR count). The monoisotopic (exact) mass is 346 g/mol. The minimum atomic E-state index is -0.331. The van der Waals surface area contributed by atoms with E-state index in [-0.39, 0.29) is 6.10 Å². The van der Waals surface area contributed by atoms with E-state index in [1.165, 1.54) is 44.9 Å². The maximum absolute atomic E-state index is 9.86. The van der Waals surface area contributed by atoms with E-state index in [1.54, 1.807) is 0 Å². The van der Waals surface area contributed by atoms with Gasteiger partial charge in [0.25, 0.3) is 0 Å². The van der Waals surface area contributed by atoms with Gasteiger partial charge >= 0.3 is 0 Å². The maximum atomic E-state index is 9.86. The average Bonchev–Trinajstić information content (AvgIpc) is 2.59. The molecule has 146 valence electrons. The van der Waals surface area contributed by atoms with Gasteiger partial charge in [-0.1, -0.05) is 71.6 Å². The molecule has 0 aromatic heterocycles. The molecule has 0 aliphatic rings. The zero-order valence-corrected chi connectivity index (χ0v) is 16.3. The summed E-state index contributed by atoms with van der Waals surface area (Å²) >= 11 is 0. The van der Waals surface area contributed by atoms with E-state index in [0.717, 1.165) is 32.3 Å². The Kier molecular flexibility index (Phi) is 20.7. The van der Waals surface area contributed by atoms with Crippen molar-refractivity contribution in [2.45, 2.75) is 90.6 Å². The first-order chi connectivity index (χ1) is 11.8. The molecule has 0 bridgehead atoms. The smallest absolute Gasteiger partial charge is 0.0773 e. The summed E-state index contributed by atoms with van der Waals surface area (Å²) in [5.74, 6) is 0.